The zero-order chi connectivity index (χ0) is 22.5. The van der Waals surface area contributed by atoms with E-state index in [1.54, 1.807) is 30.3 Å². The van der Waals surface area contributed by atoms with Crippen LogP contribution in [0, 0.1) is 0 Å². The molecular weight excluding hydrogens is 481 g/mol. The number of carbonyl (C=O) groups is 1. The number of hydrogen-bond acceptors (Lipinski definition) is 7. The summed E-state index contributed by atoms with van der Waals surface area (Å²) in [4.78, 5) is 10.5. The van der Waals surface area contributed by atoms with Crippen LogP contribution in [0.15, 0.2) is 65.6 Å². The summed E-state index contributed by atoms with van der Waals surface area (Å²) in [7, 11) is -4.28. The molecular formula is C18H18AsNO9S. The van der Waals surface area contributed by atoms with Crippen LogP contribution >= 0.6 is 0 Å². The largest absolute Gasteiger partial charge is 0.507 e. The van der Waals surface area contributed by atoms with Gasteiger partial charge in [-0.05, 0) is 11.5 Å². The van der Waals surface area contributed by atoms with Crippen LogP contribution in [-0.2, 0) is 22.5 Å². The Balaban J connectivity index is 0.000000214. The number of phenolic OH excluding ortho intramolecular Hbond substituents is 1. The Bertz CT molecular complexity index is 1230. The van der Waals surface area contributed by atoms with E-state index >= 15 is 0 Å². The number of anilines is 1. The molecule has 160 valence electrons. The first-order chi connectivity index (χ1) is 14.0. The van der Waals surface area contributed by atoms with Crippen LogP contribution in [0.3, 0.4) is 0 Å². The number of para-hydroxylation sites is 1. The molecule has 0 bridgehead atoms. The first-order valence-electron chi connectivity index (χ1n) is 8.18. The van der Waals surface area contributed by atoms with Gasteiger partial charge in [-0.15, -0.1) is 0 Å². The van der Waals surface area contributed by atoms with Crippen LogP contribution < -0.4 is 9.67 Å². The van der Waals surface area contributed by atoms with E-state index in [4.69, 9.17) is 9.81 Å². The molecule has 0 heterocycles. The molecule has 3 rings (SSSR count). The van der Waals surface area contributed by atoms with Crippen molar-refractivity contribution in [1.29, 1.82) is 0 Å². The van der Waals surface area contributed by atoms with Gasteiger partial charge < -0.3 is 5.11 Å². The number of phenols is 1. The Labute approximate surface area is 174 Å². The van der Waals surface area contributed by atoms with Crippen molar-refractivity contribution in [2.45, 2.75) is 11.8 Å². The molecule has 1 amide bonds. The van der Waals surface area contributed by atoms with Crippen molar-refractivity contribution < 1.29 is 39.8 Å². The van der Waals surface area contributed by atoms with Crippen molar-refractivity contribution >= 4 is 51.0 Å². The van der Waals surface area contributed by atoms with Gasteiger partial charge in [0, 0.05) is 11.5 Å². The Morgan fingerprint density at radius 3 is 2.27 bits per heavy atom. The molecule has 0 aromatic heterocycles. The van der Waals surface area contributed by atoms with Crippen LogP contribution in [0.4, 0.5) is 5.69 Å². The maximum absolute atomic E-state index is 11.4. The number of aromatic hydroxyl groups is 1. The minimum Gasteiger partial charge on any atom is -0.507 e. The second-order valence-corrected chi connectivity index (χ2v) is 10.9. The predicted molar refractivity (Wildman–Crippen MR) is 108 cm³/mol. The molecule has 3 aromatic rings. The molecule has 1 atom stereocenters. The molecule has 10 nitrogen and oxygen atoms in total. The number of nitrogens with one attached hydrogen (secondary N) is 1. The molecule has 0 fully saturated rings. The van der Waals surface area contributed by atoms with Gasteiger partial charge in [0.2, 0.25) is 0 Å². The topological polar surface area (TPSA) is 170 Å². The average Bonchev–Trinajstić information content (AvgIpc) is 2.67. The summed E-state index contributed by atoms with van der Waals surface area (Å²) in [6, 6.07) is 14.9. The molecule has 5 N–H and O–H groups in total. The summed E-state index contributed by atoms with van der Waals surface area (Å²) >= 11 is -4.92. The number of hydrogen-bond donors (Lipinski definition) is 5. The maximum atomic E-state index is 11.4. The van der Waals surface area contributed by atoms with Crippen LogP contribution in [0.2, 0.25) is 0 Å². The van der Waals surface area contributed by atoms with Gasteiger partial charge in [0.15, 0.2) is 0 Å². The minimum absolute atomic E-state index is 0.103. The third-order valence-electron chi connectivity index (χ3n) is 3.74. The van der Waals surface area contributed by atoms with Crippen LogP contribution in [-0.4, -0.2) is 47.5 Å². The normalized spacial score (nSPS) is 13.1. The van der Waals surface area contributed by atoms with E-state index in [-0.39, 0.29) is 26.6 Å². The number of amides is 1. The van der Waals surface area contributed by atoms with E-state index in [0.29, 0.717) is 10.8 Å². The SMILES string of the molecule is CC(=O)Nc1ccccc1[As](=O)(O)OO.O=S(=O)(O)c1cc(O)c2ccccc2c1. The molecule has 0 aliphatic rings. The summed E-state index contributed by atoms with van der Waals surface area (Å²) in [5, 5.41) is 21.3. The molecule has 3 aromatic carbocycles. The summed E-state index contributed by atoms with van der Waals surface area (Å²) in [6.45, 7) is 1.27. The predicted octanol–water partition coefficient (Wildman–Crippen LogP) is 1.50. The van der Waals surface area contributed by atoms with Crippen molar-refractivity contribution in [3.63, 3.8) is 0 Å². The molecule has 0 aliphatic heterocycles. The van der Waals surface area contributed by atoms with Gasteiger partial charge in [-0.2, -0.15) is 8.42 Å². The van der Waals surface area contributed by atoms with Crippen molar-refractivity contribution in [2.75, 3.05) is 5.32 Å². The van der Waals surface area contributed by atoms with Crippen molar-refractivity contribution in [1.82, 2.24) is 0 Å². The third kappa shape index (κ3) is 5.92. The van der Waals surface area contributed by atoms with E-state index in [1.807, 2.05) is 0 Å². The van der Waals surface area contributed by atoms with E-state index < -0.39 is 24.3 Å². The van der Waals surface area contributed by atoms with Crippen LogP contribution in [0.5, 0.6) is 5.75 Å². The third-order valence-corrected chi connectivity index (χ3v) is 7.13. The summed E-state index contributed by atoms with van der Waals surface area (Å²) in [6.07, 6.45) is 0. The van der Waals surface area contributed by atoms with Crippen LogP contribution in [0.25, 0.3) is 10.8 Å². The van der Waals surface area contributed by atoms with E-state index in [1.165, 1.54) is 31.2 Å². The minimum atomic E-state index is -4.92. The molecule has 0 saturated carbocycles. The van der Waals surface area contributed by atoms with E-state index in [2.05, 4.69) is 9.19 Å². The quantitative estimate of drug-likeness (QED) is 0.154. The first kappa shape index (κ1) is 23.6. The summed E-state index contributed by atoms with van der Waals surface area (Å²) < 4.78 is 54.7. The monoisotopic (exact) mass is 499 g/mol. The molecule has 0 spiro atoms. The van der Waals surface area contributed by atoms with Gasteiger partial charge >= 0.3 is 88.4 Å². The molecule has 0 saturated heterocycles. The van der Waals surface area contributed by atoms with E-state index in [0.717, 1.165) is 6.07 Å². The fourth-order valence-corrected chi connectivity index (χ4v) is 4.68. The second kappa shape index (κ2) is 9.43. The smallest absolute Gasteiger partial charge is 0.294 e. The zero-order valence-corrected chi connectivity index (χ0v) is 18.2. The average molecular weight is 499 g/mol. The molecule has 0 radical (unpaired) electrons. The van der Waals surface area contributed by atoms with Gasteiger partial charge in [0.25, 0.3) is 10.1 Å². The van der Waals surface area contributed by atoms with Gasteiger partial charge in [0.05, 0.1) is 4.90 Å². The Kier molecular flexibility index (Phi) is 7.43. The van der Waals surface area contributed by atoms with Gasteiger partial charge in [-0.25, -0.2) is 0 Å². The maximum Gasteiger partial charge on any atom is 0.294 e. The Hall–Kier alpha value is -2.66. The first-order valence-corrected chi connectivity index (χ1v) is 12.9. The van der Waals surface area contributed by atoms with Crippen molar-refractivity contribution in [2.24, 2.45) is 0 Å². The number of benzene rings is 3. The van der Waals surface area contributed by atoms with Crippen LogP contribution in [0.1, 0.15) is 6.92 Å². The Morgan fingerprint density at radius 2 is 1.67 bits per heavy atom. The fraction of sp³-hybridized carbons (Fsp3) is 0.0556. The van der Waals surface area contributed by atoms with Gasteiger partial charge in [-0.3, -0.25) is 4.55 Å². The molecule has 1 unspecified atom stereocenters. The standard InChI is InChI=1S/C10H8O4S.C8H10AsNO5/c11-10-6-8(15(12,13)14)5-7-3-1-2-4-9(7)10;1-6(11)10-8-5-3-2-4-7(8)9(12,13)15-14/h1-6,11H,(H,12,13,14);2-5,14H,1H3,(H,10,11)(H,12,13). The number of rotatable bonds is 4. The summed E-state index contributed by atoms with van der Waals surface area (Å²) in [5.74, 6) is -0.545. The van der Waals surface area contributed by atoms with E-state index in [9.17, 15) is 26.2 Å². The number of carbonyl (C=O) groups excluding carboxylic acids is 1. The fourth-order valence-electron chi connectivity index (χ4n) is 2.47. The zero-order valence-electron chi connectivity index (χ0n) is 15.5. The molecule has 0 aliphatic carbocycles. The Morgan fingerprint density at radius 1 is 1.07 bits per heavy atom. The van der Waals surface area contributed by atoms with Crippen molar-refractivity contribution in [3.8, 4) is 5.75 Å². The molecule has 12 heteroatoms. The number of fused-ring (bicyclic) bond motifs is 1. The second-order valence-electron chi connectivity index (χ2n) is 5.94. The molecule has 30 heavy (non-hydrogen) atoms. The van der Waals surface area contributed by atoms with Crippen molar-refractivity contribution in [3.05, 3.63) is 60.7 Å². The summed E-state index contributed by atoms with van der Waals surface area (Å²) in [5.41, 5.74) is 0.157. The van der Waals surface area contributed by atoms with Gasteiger partial charge in [-0.1, -0.05) is 24.3 Å². The van der Waals surface area contributed by atoms with Gasteiger partial charge in [0.1, 0.15) is 5.75 Å².